The first-order valence-electron chi connectivity index (χ1n) is 5.05. The second kappa shape index (κ2) is 5.35. The average molecular weight is 204 g/mol. The predicted molar refractivity (Wildman–Crippen MR) is 61.7 cm³/mol. The summed E-state index contributed by atoms with van der Waals surface area (Å²) < 4.78 is 5.00. The minimum atomic E-state index is 0.187. The van der Waals surface area contributed by atoms with E-state index in [1.807, 2.05) is 31.2 Å². The van der Waals surface area contributed by atoms with Crippen molar-refractivity contribution in [3.05, 3.63) is 42.0 Å². The number of hydrogen-bond donors (Lipinski definition) is 0. The number of carbonyl (C=O) groups is 1. The van der Waals surface area contributed by atoms with E-state index in [0.717, 1.165) is 17.5 Å². The molecule has 0 radical (unpaired) electrons. The minimum Gasteiger partial charge on any atom is -0.497 e. The van der Waals surface area contributed by atoms with Gasteiger partial charge in [0.1, 0.15) is 5.76 Å². The average Bonchev–Trinajstić information content (AvgIpc) is 2.28. The molecule has 0 spiro atoms. The number of rotatable bonds is 5. The van der Waals surface area contributed by atoms with Gasteiger partial charge in [-0.05, 0) is 6.42 Å². The summed E-state index contributed by atoms with van der Waals surface area (Å²) in [5.41, 5.74) is 1.66. The van der Waals surface area contributed by atoms with Gasteiger partial charge in [0, 0.05) is 17.5 Å². The fraction of sp³-hybridized carbons (Fsp3) is 0.308. The van der Waals surface area contributed by atoms with Gasteiger partial charge in [0.15, 0.2) is 5.78 Å². The smallest absolute Gasteiger partial charge is 0.162 e. The number of carbonyl (C=O) groups excluding carboxylic acids is 1. The Balaban J connectivity index is 2.80. The maximum Gasteiger partial charge on any atom is 0.162 e. The first kappa shape index (κ1) is 11.5. The third-order valence-corrected chi connectivity index (χ3v) is 2.25. The van der Waals surface area contributed by atoms with E-state index in [2.05, 4.69) is 6.58 Å². The van der Waals surface area contributed by atoms with Crippen LogP contribution in [0.2, 0.25) is 0 Å². The standard InChI is InChI=1S/C13H16O2/c1-4-5-13(14)12-8-6-11(7-9-12)10(2)15-3/h6-9H,2,4-5H2,1,3H3. The Bertz CT molecular complexity index is 349. The Hall–Kier alpha value is -1.57. The van der Waals surface area contributed by atoms with Crippen LogP contribution in [-0.4, -0.2) is 12.9 Å². The second-order valence-electron chi connectivity index (χ2n) is 3.38. The van der Waals surface area contributed by atoms with E-state index in [4.69, 9.17) is 4.74 Å². The van der Waals surface area contributed by atoms with Crippen molar-refractivity contribution in [1.29, 1.82) is 0 Å². The number of benzene rings is 1. The molecule has 0 saturated heterocycles. The zero-order valence-corrected chi connectivity index (χ0v) is 9.25. The first-order chi connectivity index (χ1) is 7.19. The van der Waals surface area contributed by atoms with Gasteiger partial charge in [-0.25, -0.2) is 0 Å². The lowest BCUT2D eigenvalue weighted by Gasteiger charge is -2.05. The highest BCUT2D eigenvalue weighted by atomic mass is 16.5. The zero-order chi connectivity index (χ0) is 11.3. The van der Waals surface area contributed by atoms with Crippen LogP contribution < -0.4 is 0 Å². The van der Waals surface area contributed by atoms with Gasteiger partial charge < -0.3 is 4.74 Å². The Morgan fingerprint density at radius 2 is 1.80 bits per heavy atom. The van der Waals surface area contributed by atoms with Gasteiger partial charge >= 0.3 is 0 Å². The Kier molecular flexibility index (Phi) is 4.10. The highest BCUT2D eigenvalue weighted by Gasteiger charge is 2.04. The maximum absolute atomic E-state index is 11.5. The van der Waals surface area contributed by atoms with Crippen molar-refractivity contribution < 1.29 is 9.53 Å². The third kappa shape index (κ3) is 2.94. The molecule has 2 heteroatoms. The number of ketones is 1. The van der Waals surface area contributed by atoms with E-state index < -0.39 is 0 Å². The molecule has 0 aromatic heterocycles. The quantitative estimate of drug-likeness (QED) is 0.543. The Morgan fingerprint density at radius 1 is 1.27 bits per heavy atom. The molecule has 1 aromatic rings. The van der Waals surface area contributed by atoms with Gasteiger partial charge in [-0.2, -0.15) is 0 Å². The van der Waals surface area contributed by atoms with Crippen LogP contribution in [0.5, 0.6) is 0 Å². The van der Waals surface area contributed by atoms with E-state index in [0.29, 0.717) is 12.2 Å². The summed E-state index contributed by atoms with van der Waals surface area (Å²) >= 11 is 0. The fourth-order valence-corrected chi connectivity index (χ4v) is 1.33. The van der Waals surface area contributed by atoms with Gasteiger partial charge in [-0.1, -0.05) is 37.8 Å². The highest BCUT2D eigenvalue weighted by Crippen LogP contribution is 2.14. The predicted octanol–water partition coefficient (Wildman–Crippen LogP) is 3.29. The number of methoxy groups -OCH3 is 1. The summed E-state index contributed by atoms with van der Waals surface area (Å²) in [6.45, 7) is 5.75. The van der Waals surface area contributed by atoms with Crippen molar-refractivity contribution >= 4 is 11.5 Å². The Morgan fingerprint density at radius 3 is 2.27 bits per heavy atom. The van der Waals surface area contributed by atoms with E-state index in [1.54, 1.807) is 7.11 Å². The summed E-state index contributed by atoms with van der Waals surface area (Å²) in [7, 11) is 1.58. The first-order valence-corrected chi connectivity index (χ1v) is 5.05. The molecule has 0 aliphatic rings. The molecule has 15 heavy (non-hydrogen) atoms. The lowest BCUT2D eigenvalue weighted by atomic mass is 10.0. The van der Waals surface area contributed by atoms with Gasteiger partial charge in [0.2, 0.25) is 0 Å². The molecule has 0 saturated carbocycles. The van der Waals surface area contributed by atoms with Crippen LogP contribution in [0, 0.1) is 0 Å². The van der Waals surface area contributed by atoms with Crippen LogP contribution in [0.4, 0.5) is 0 Å². The monoisotopic (exact) mass is 204 g/mol. The number of hydrogen-bond acceptors (Lipinski definition) is 2. The van der Waals surface area contributed by atoms with Crippen LogP contribution in [0.1, 0.15) is 35.7 Å². The summed E-state index contributed by atoms with van der Waals surface area (Å²) in [4.78, 5) is 11.5. The van der Waals surface area contributed by atoms with Crippen molar-refractivity contribution in [1.82, 2.24) is 0 Å². The maximum atomic E-state index is 11.5. The van der Waals surface area contributed by atoms with Crippen LogP contribution in [-0.2, 0) is 4.74 Å². The van der Waals surface area contributed by atoms with E-state index in [9.17, 15) is 4.79 Å². The fourth-order valence-electron chi connectivity index (χ4n) is 1.33. The molecule has 0 atom stereocenters. The Labute approximate surface area is 90.6 Å². The minimum absolute atomic E-state index is 0.187. The summed E-state index contributed by atoms with van der Waals surface area (Å²) in [6.07, 6.45) is 1.48. The van der Waals surface area contributed by atoms with Gasteiger partial charge in [0.05, 0.1) is 7.11 Å². The molecule has 0 heterocycles. The topological polar surface area (TPSA) is 26.3 Å². The molecule has 1 aromatic carbocycles. The summed E-state index contributed by atoms with van der Waals surface area (Å²) in [5.74, 6) is 0.802. The van der Waals surface area contributed by atoms with Crippen LogP contribution in [0.15, 0.2) is 30.8 Å². The second-order valence-corrected chi connectivity index (χ2v) is 3.38. The molecule has 80 valence electrons. The van der Waals surface area contributed by atoms with E-state index >= 15 is 0 Å². The largest absolute Gasteiger partial charge is 0.497 e. The van der Waals surface area contributed by atoms with Gasteiger partial charge in [0.25, 0.3) is 0 Å². The molecule has 0 fully saturated rings. The summed E-state index contributed by atoms with van der Waals surface area (Å²) in [6, 6.07) is 7.35. The van der Waals surface area contributed by atoms with Crippen molar-refractivity contribution in [2.45, 2.75) is 19.8 Å². The van der Waals surface area contributed by atoms with E-state index in [1.165, 1.54) is 0 Å². The van der Waals surface area contributed by atoms with Gasteiger partial charge in [-0.15, -0.1) is 0 Å². The molecule has 0 aliphatic heterocycles. The molecule has 0 aliphatic carbocycles. The van der Waals surface area contributed by atoms with Crippen LogP contribution in [0.25, 0.3) is 5.76 Å². The molecule has 1 rings (SSSR count). The normalized spacial score (nSPS) is 9.73. The van der Waals surface area contributed by atoms with Crippen LogP contribution >= 0.6 is 0 Å². The lowest BCUT2D eigenvalue weighted by molar-refractivity contribution is 0.0981. The SMILES string of the molecule is C=C(OC)c1ccc(C(=O)CCC)cc1. The molecule has 2 nitrogen and oxygen atoms in total. The van der Waals surface area contributed by atoms with Crippen molar-refractivity contribution in [2.24, 2.45) is 0 Å². The molecule has 0 amide bonds. The van der Waals surface area contributed by atoms with Gasteiger partial charge in [-0.3, -0.25) is 4.79 Å². The van der Waals surface area contributed by atoms with E-state index in [-0.39, 0.29) is 5.78 Å². The zero-order valence-electron chi connectivity index (χ0n) is 9.25. The number of Topliss-reactive ketones (excluding diaryl/α,β-unsaturated/α-hetero) is 1. The highest BCUT2D eigenvalue weighted by molar-refractivity contribution is 5.96. The third-order valence-electron chi connectivity index (χ3n) is 2.25. The van der Waals surface area contributed by atoms with Crippen molar-refractivity contribution in [2.75, 3.05) is 7.11 Å². The molecule has 0 bridgehead atoms. The lowest BCUT2D eigenvalue weighted by Crippen LogP contribution is -1.98. The molecular formula is C13H16O2. The number of ether oxygens (including phenoxy) is 1. The van der Waals surface area contributed by atoms with Crippen LogP contribution in [0.3, 0.4) is 0 Å². The van der Waals surface area contributed by atoms with Crippen molar-refractivity contribution in [3.8, 4) is 0 Å². The summed E-state index contributed by atoms with van der Waals surface area (Å²) in [5, 5.41) is 0. The molecule has 0 N–H and O–H groups in total. The molecular weight excluding hydrogens is 188 g/mol. The molecule has 0 unspecified atom stereocenters. The van der Waals surface area contributed by atoms with Crippen molar-refractivity contribution in [3.63, 3.8) is 0 Å².